The molecule has 0 fully saturated rings. The Labute approximate surface area is 32.7 Å². The average molecular weight is 71.1 g/mol. The topological polar surface area (TPSA) is 12.4 Å². The summed E-state index contributed by atoms with van der Waals surface area (Å²) in [6.45, 7) is 2.06. The maximum Gasteiger partial charge on any atom is 0.0273 e. The molecule has 0 bridgehead atoms. The largest absolute Gasteiger partial charge is 0.301 e. The minimum absolute atomic E-state index is 1.05. The molecule has 30 valence electrons. The summed E-state index contributed by atoms with van der Waals surface area (Å²) >= 11 is 0. The van der Waals surface area contributed by atoms with E-state index in [2.05, 4.69) is 11.9 Å². The van der Waals surface area contributed by atoms with Gasteiger partial charge in [-0.05, 0) is 12.6 Å². The molecule has 0 N–H and O–H groups in total. The van der Waals surface area contributed by atoms with Crippen LogP contribution >= 0.6 is 0 Å². The summed E-state index contributed by atoms with van der Waals surface area (Å²) in [5.74, 6) is 0. The Morgan fingerprint density at radius 2 is 2.40 bits per heavy atom. The molecule has 0 aromatic carbocycles. The van der Waals surface area contributed by atoms with Gasteiger partial charge in [-0.15, -0.1) is 0 Å². The summed E-state index contributed by atoms with van der Waals surface area (Å²) in [6, 6.07) is 0. The maximum absolute atomic E-state index is 3.73. The minimum atomic E-state index is 1.05. The highest BCUT2D eigenvalue weighted by molar-refractivity contribution is 5.56. The molecule has 0 aliphatic heterocycles. The minimum Gasteiger partial charge on any atom is -0.301 e. The van der Waals surface area contributed by atoms with Gasteiger partial charge in [-0.25, -0.2) is 0 Å². The number of rotatable bonds is 1. The van der Waals surface area contributed by atoms with Crippen molar-refractivity contribution in [3.05, 3.63) is 0 Å². The van der Waals surface area contributed by atoms with E-state index in [0.29, 0.717) is 0 Å². The molecule has 0 saturated carbocycles. The zero-order chi connectivity index (χ0) is 4.12. The maximum atomic E-state index is 3.73. The van der Waals surface area contributed by atoms with Crippen LogP contribution in [0.5, 0.6) is 0 Å². The van der Waals surface area contributed by atoms with E-state index in [-0.39, 0.29) is 0 Å². The molecule has 0 atom stereocenters. The zero-order valence-electron chi connectivity index (χ0n) is 3.73. The predicted octanol–water partition coefficient (Wildman–Crippen LogP) is 1.10. The fourth-order valence-corrected chi connectivity index (χ4v) is 0.183. The van der Waals surface area contributed by atoms with Crippen LogP contribution < -0.4 is 0 Å². The monoisotopic (exact) mass is 71.1 g/mol. The summed E-state index contributed by atoms with van der Waals surface area (Å²) in [7, 11) is 1.78. The second-order valence-electron chi connectivity index (χ2n) is 0.849. The Morgan fingerprint density at radius 3 is 2.40 bits per heavy atom. The molecule has 0 unspecified atom stereocenters. The van der Waals surface area contributed by atoms with Gasteiger partial charge >= 0.3 is 0 Å². The van der Waals surface area contributed by atoms with Crippen molar-refractivity contribution < 1.29 is 0 Å². The fourth-order valence-electron chi connectivity index (χ4n) is 0.183. The molecule has 0 rings (SSSR count). The first kappa shape index (κ1) is 4.67. The quantitative estimate of drug-likeness (QED) is 0.410. The van der Waals surface area contributed by atoms with Crippen molar-refractivity contribution in [1.82, 2.24) is 0 Å². The highest BCUT2D eigenvalue weighted by atomic mass is 14.6. The van der Waals surface area contributed by atoms with Crippen molar-refractivity contribution in [3.63, 3.8) is 0 Å². The van der Waals surface area contributed by atoms with Crippen molar-refractivity contribution in [2.75, 3.05) is 7.05 Å². The lowest BCUT2D eigenvalue weighted by atomic mass is 10.5. The van der Waals surface area contributed by atoms with Gasteiger partial charge in [-0.3, -0.25) is 0 Å². The third-order valence-electron chi connectivity index (χ3n) is 0.365. The predicted molar refractivity (Wildman–Crippen MR) is 24.7 cm³/mol. The molecule has 0 heterocycles. The van der Waals surface area contributed by atoms with E-state index in [1.807, 2.05) is 6.21 Å². The van der Waals surface area contributed by atoms with E-state index in [1.165, 1.54) is 0 Å². The lowest BCUT2D eigenvalue weighted by Gasteiger charge is -1.65. The molecule has 5 heavy (non-hydrogen) atoms. The van der Waals surface area contributed by atoms with Gasteiger partial charge < -0.3 is 4.99 Å². The molecule has 0 radical (unpaired) electrons. The number of hydrogen-bond acceptors (Lipinski definition) is 1. The summed E-state index contributed by atoms with van der Waals surface area (Å²) < 4.78 is 0. The number of aliphatic imine (C=N–C) groups is 1. The molecule has 0 aliphatic carbocycles. The van der Waals surface area contributed by atoms with Crippen LogP contribution in [-0.4, -0.2) is 13.3 Å². The zero-order valence-corrected chi connectivity index (χ0v) is 3.73. The van der Waals surface area contributed by atoms with Crippen LogP contribution in [0.15, 0.2) is 4.99 Å². The molecule has 0 saturated heterocycles. The lowest BCUT2D eigenvalue weighted by molar-refractivity contribution is 1.29. The molecule has 0 aromatic heterocycles. The van der Waals surface area contributed by atoms with E-state index < -0.39 is 0 Å². The molecule has 0 amide bonds. The molecule has 1 heteroatoms. The van der Waals surface area contributed by atoms with Crippen molar-refractivity contribution in [2.24, 2.45) is 4.99 Å². The molecule has 0 aromatic rings. The van der Waals surface area contributed by atoms with Gasteiger partial charge in [0.25, 0.3) is 0 Å². The van der Waals surface area contributed by atoms with Crippen LogP contribution in [-0.2, 0) is 0 Å². The van der Waals surface area contributed by atoms with Gasteiger partial charge in [-0.2, -0.15) is 0 Å². The molecule has 0 spiro atoms. The van der Waals surface area contributed by atoms with Crippen LogP contribution in [0, 0.1) is 0 Å². The van der Waals surface area contributed by atoms with E-state index in [0.717, 1.165) is 6.42 Å². The standard InChI is InChI=1S/C4H9N/c1-3-4-5-2/h4H,3H2,1-2H3/b5-4-. The van der Waals surface area contributed by atoms with Gasteiger partial charge in [0.1, 0.15) is 0 Å². The molecular formula is C4H9N. The lowest BCUT2D eigenvalue weighted by Crippen LogP contribution is -1.60. The average Bonchev–Trinajstić information content (AvgIpc) is 1.41. The van der Waals surface area contributed by atoms with Gasteiger partial charge in [0.2, 0.25) is 0 Å². The Bertz CT molecular complexity index is 30.6. The summed E-state index contributed by atoms with van der Waals surface area (Å²) in [4.78, 5) is 3.73. The van der Waals surface area contributed by atoms with Crippen LogP contribution in [0.4, 0.5) is 0 Å². The second kappa shape index (κ2) is 3.67. The van der Waals surface area contributed by atoms with E-state index in [4.69, 9.17) is 0 Å². The van der Waals surface area contributed by atoms with Crippen LogP contribution in [0.25, 0.3) is 0 Å². The van der Waals surface area contributed by atoms with Crippen molar-refractivity contribution in [3.8, 4) is 0 Å². The van der Waals surface area contributed by atoms with E-state index in [9.17, 15) is 0 Å². The molecule has 0 aliphatic rings. The van der Waals surface area contributed by atoms with Gasteiger partial charge in [0, 0.05) is 7.05 Å². The third kappa shape index (κ3) is 3.67. The van der Waals surface area contributed by atoms with E-state index >= 15 is 0 Å². The highest BCUT2D eigenvalue weighted by Gasteiger charge is 1.53. The third-order valence-corrected chi connectivity index (χ3v) is 0.365. The van der Waals surface area contributed by atoms with Crippen LogP contribution in [0.3, 0.4) is 0 Å². The molecular weight excluding hydrogens is 62.1 g/mol. The molecule has 1 nitrogen and oxygen atoms in total. The van der Waals surface area contributed by atoms with Crippen LogP contribution in [0.1, 0.15) is 13.3 Å². The number of nitrogens with zero attached hydrogens (tertiary/aromatic N) is 1. The Balaban J connectivity index is 2.62. The Hall–Kier alpha value is -0.330. The Kier molecular flexibility index (Phi) is 3.43. The normalized spacial score (nSPS) is 10.0. The smallest absolute Gasteiger partial charge is 0.0273 e. The Morgan fingerprint density at radius 1 is 1.80 bits per heavy atom. The first-order valence-corrected chi connectivity index (χ1v) is 1.82. The van der Waals surface area contributed by atoms with Crippen molar-refractivity contribution >= 4 is 6.21 Å². The SMILES string of the molecule is CC/C=N\C. The fraction of sp³-hybridized carbons (Fsp3) is 0.750. The van der Waals surface area contributed by atoms with Crippen molar-refractivity contribution in [1.29, 1.82) is 0 Å². The summed E-state index contributed by atoms with van der Waals surface area (Å²) in [5.41, 5.74) is 0. The first-order chi connectivity index (χ1) is 2.41. The number of hydrogen-bond donors (Lipinski definition) is 0. The van der Waals surface area contributed by atoms with Crippen LogP contribution in [0.2, 0.25) is 0 Å². The van der Waals surface area contributed by atoms with Gasteiger partial charge in [0.15, 0.2) is 0 Å². The van der Waals surface area contributed by atoms with Crippen molar-refractivity contribution in [2.45, 2.75) is 13.3 Å². The first-order valence-electron chi connectivity index (χ1n) is 1.82. The summed E-state index contributed by atoms with van der Waals surface area (Å²) in [5, 5.41) is 0. The second-order valence-corrected chi connectivity index (χ2v) is 0.849. The summed E-state index contributed by atoms with van der Waals surface area (Å²) in [6.07, 6.45) is 2.93. The van der Waals surface area contributed by atoms with E-state index in [1.54, 1.807) is 7.05 Å². The highest BCUT2D eigenvalue weighted by Crippen LogP contribution is 1.60. The van der Waals surface area contributed by atoms with Gasteiger partial charge in [0.05, 0.1) is 0 Å². The van der Waals surface area contributed by atoms with Gasteiger partial charge in [-0.1, -0.05) is 6.92 Å².